The first-order chi connectivity index (χ1) is 19.3. The highest BCUT2D eigenvalue weighted by atomic mass is 32.2. The Hall–Kier alpha value is -3.60. The second kappa shape index (κ2) is 12.3. The van der Waals surface area contributed by atoms with Crippen LogP contribution in [0, 0.1) is 6.92 Å². The van der Waals surface area contributed by atoms with Crippen LogP contribution in [0.15, 0.2) is 71.6 Å². The van der Waals surface area contributed by atoms with Crippen molar-refractivity contribution in [2.24, 2.45) is 0 Å². The number of sulfonamides is 1. The van der Waals surface area contributed by atoms with Crippen molar-refractivity contribution in [2.75, 3.05) is 53.2 Å². The van der Waals surface area contributed by atoms with Gasteiger partial charge in [0, 0.05) is 39.3 Å². The molecule has 1 amide bonds. The van der Waals surface area contributed by atoms with Crippen LogP contribution in [0.25, 0.3) is 0 Å². The van der Waals surface area contributed by atoms with E-state index in [2.05, 4.69) is 4.90 Å². The van der Waals surface area contributed by atoms with Crippen LogP contribution in [0.1, 0.15) is 16.7 Å². The van der Waals surface area contributed by atoms with E-state index in [9.17, 15) is 13.2 Å². The van der Waals surface area contributed by atoms with Gasteiger partial charge < -0.3 is 19.1 Å². The molecular formula is C30H35N3O6S. The van der Waals surface area contributed by atoms with Crippen LogP contribution in [0.2, 0.25) is 0 Å². The maximum absolute atomic E-state index is 13.9. The number of benzene rings is 3. The van der Waals surface area contributed by atoms with Crippen LogP contribution in [-0.2, 0) is 27.8 Å². The number of fused-ring (bicyclic) bond motifs is 1. The van der Waals surface area contributed by atoms with Crippen molar-refractivity contribution in [2.45, 2.75) is 24.8 Å². The smallest absolute Gasteiger partial charge is 0.247 e. The molecule has 0 aromatic heterocycles. The number of ether oxygens (including phenoxy) is 3. The number of carbonyl (C=O) groups excluding carboxylic acids is 1. The summed E-state index contributed by atoms with van der Waals surface area (Å²) in [5.74, 6) is 1.58. The van der Waals surface area contributed by atoms with E-state index in [0.29, 0.717) is 32.6 Å². The first kappa shape index (κ1) is 27.9. The van der Waals surface area contributed by atoms with Crippen LogP contribution in [-0.4, -0.2) is 81.6 Å². The largest absolute Gasteiger partial charge is 0.495 e. The Labute approximate surface area is 235 Å². The molecular weight excluding hydrogens is 530 g/mol. The standard InChI is InChI=1S/C30H35N3O6S/c1-23-8-10-27(37-2)29(18-23)40(35,36)33(13-12-24-6-4-3-5-7-24)21-30(34)32-16-14-31(15-17-32)20-25-9-11-26-28(19-25)39-22-38-26/h3-11,18-19H,12-17,20-22H2,1-2H3. The van der Waals surface area contributed by atoms with Crippen molar-refractivity contribution in [3.8, 4) is 17.2 Å². The van der Waals surface area contributed by atoms with Crippen molar-refractivity contribution in [3.05, 3.63) is 83.4 Å². The van der Waals surface area contributed by atoms with Gasteiger partial charge in [-0.05, 0) is 54.3 Å². The highest BCUT2D eigenvalue weighted by molar-refractivity contribution is 7.89. The van der Waals surface area contributed by atoms with Gasteiger partial charge in [0.1, 0.15) is 10.6 Å². The SMILES string of the molecule is COc1ccc(C)cc1S(=O)(=O)N(CCc1ccccc1)CC(=O)N1CCN(Cc2ccc3c(c2)OCO3)CC1. The molecule has 3 aromatic rings. The Morgan fingerprint density at radius 1 is 0.925 bits per heavy atom. The number of nitrogens with zero attached hydrogens (tertiary/aromatic N) is 3. The molecule has 0 saturated carbocycles. The van der Waals surface area contributed by atoms with Crippen molar-refractivity contribution in [1.82, 2.24) is 14.1 Å². The van der Waals surface area contributed by atoms with E-state index < -0.39 is 10.0 Å². The molecule has 0 atom stereocenters. The maximum atomic E-state index is 13.9. The van der Waals surface area contributed by atoms with Gasteiger partial charge in [-0.25, -0.2) is 8.42 Å². The lowest BCUT2D eigenvalue weighted by atomic mass is 10.1. The summed E-state index contributed by atoms with van der Waals surface area (Å²) in [6.45, 7) is 5.23. The number of methoxy groups -OCH3 is 1. The first-order valence-corrected chi connectivity index (χ1v) is 14.8. The molecule has 0 spiro atoms. The van der Waals surface area contributed by atoms with E-state index in [1.165, 1.54) is 11.4 Å². The fraction of sp³-hybridized carbons (Fsp3) is 0.367. The van der Waals surface area contributed by atoms with Gasteiger partial charge in [0.25, 0.3) is 0 Å². The summed E-state index contributed by atoms with van der Waals surface area (Å²) in [6, 6.07) is 20.7. The minimum absolute atomic E-state index is 0.0735. The fourth-order valence-electron chi connectivity index (χ4n) is 5.01. The van der Waals surface area contributed by atoms with E-state index >= 15 is 0 Å². The lowest BCUT2D eigenvalue weighted by molar-refractivity contribution is -0.133. The topological polar surface area (TPSA) is 88.6 Å². The second-order valence-electron chi connectivity index (χ2n) is 10.1. The quantitative estimate of drug-likeness (QED) is 0.373. The lowest BCUT2D eigenvalue weighted by Crippen LogP contribution is -2.51. The van der Waals surface area contributed by atoms with Gasteiger partial charge in [0.15, 0.2) is 11.5 Å². The van der Waals surface area contributed by atoms with Crippen molar-refractivity contribution in [1.29, 1.82) is 0 Å². The third-order valence-corrected chi connectivity index (χ3v) is 9.18. The summed E-state index contributed by atoms with van der Waals surface area (Å²) in [4.78, 5) is 17.6. The molecule has 0 aliphatic carbocycles. The van der Waals surface area contributed by atoms with Gasteiger partial charge in [-0.3, -0.25) is 9.69 Å². The average molecular weight is 566 g/mol. The molecule has 1 saturated heterocycles. The summed E-state index contributed by atoms with van der Waals surface area (Å²) in [6.07, 6.45) is 0.491. The minimum atomic E-state index is -4.00. The number of aryl methyl sites for hydroxylation is 1. The number of rotatable bonds is 10. The van der Waals surface area contributed by atoms with Crippen molar-refractivity contribution < 1.29 is 27.4 Å². The van der Waals surface area contributed by atoms with Crippen LogP contribution in [0.3, 0.4) is 0 Å². The third-order valence-electron chi connectivity index (χ3n) is 7.31. The van der Waals surface area contributed by atoms with Gasteiger partial charge in [-0.15, -0.1) is 0 Å². The normalized spacial score (nSPS) is 15.4. The van der Waals surface area contributed by atoms with Crippen LogP contribution in [0.4, 0.5) is 0 Å². The van der Waals surface area contributed by atoms with Gasteiger partial charge in [0.05, 0.1) is 13.7 Å². The molecule has 0 radical (unpaired) electrons. The molecule has 2 aliphatic rings. The van der Waals surface area contributed by atoms with Gasteiger partial charge in [-0.2, -0.15) is 4.31 Å². The van der Waals surface area contributed by atoms with Crippen LogP contribution < -0.4 is 14.2 Å². The predicted molar refractivity (Wildman–Crippen MR) is 151 cm³/mol. The Bertz CT molecular complexity index is 1440. The lowest BCUT2D eigenvalue weighted by Gasteiger charge is -2.35. The first-order valence-electron chi connectivity index (χ1n) is 13.4. The highest BCUT2D eigenvalue weighted by Gasteiger charge is 2.32. The van der Waals surface area contributed by atoms with Crippen molar-refractivity contribution >= 4 is 15.9 Å². The molecule has 10 heteroatoms. The molecule has 5 rings (SSSR count). The zero-order valence-corrected chi connectivity index (χ0v) is 23.7. The number of carbonyl (C=O) groups is 1. The maximum Gasteiger partial charge on any atom is 0.247 e. The number of hydrogen-bond donors (Lipinski definition) is 0. The molecule has 2 heterocycles. The van der Waals surface area contributed by atoms with E-state index in [-0.39, 0.29) is 36.4 Å². The molecule has 0 unspecified atom stereocenters. The zero-order chi connectivity index (χ0) is 28.1. The highest BCUT2D eigenvalue weighted by Crippen LogP contribution is 2.33. The molecule has 0 N–H and O–H groups in total. The van der Waals surface area contributed by atoms with E-state index in [1.807, 2.05) is 55.5 Å². The number of piperazine rings is 1. The number of hydrogen-bond acceptors (Lipinski definition) is 7. The Balaban J connectivity index is 1.26. The molecule has 40 heavy (non-hydrogen) atoms. The molecule has 2 aliphatic heterocycles. The summed E-state index contributed by atoms with van der Waals surface area (Å²) in [5.41, 5.74) is 2.92. The van der Waals surface area contributed by atoms with Crippen molar-refractivity contribution in [3.63, 3.8) is 0 Å². The Kier molecular flexibility index (Phi) is 8.58. The van der Waals surface area contributed by atoms with Gasteiger partial charge >= 0.3 is 0 Å². The minimum Gasteiger partial charge on any atom is -0.495 e. The van der Waals surface area contributed by atoms with E-state index in [4.69, 9.17) is 14.2 Å². The Morgan fingerprint density at radius 2 is 1.68 bits per heavy atom. The fourth-order valence-corrected chi connectivity index (χ4v) is 6.64. The summed E-state index contributed by atoms with van der Waals surface area (Å²) >= 11 is 0. The molecule has 212 valence electrons. The van der Waals surface area contributed by atoms with E-state index in [1.54, 1.807) is 23.1 Å². The molecule has 9 nitrogen and oxygen atoms in total. The van der Waals surface area contributed by atoms with Gasteiger partial charge in [0.2, 0.25) is 22.7 Å². The number of amides is 1. The molecule has 3 aromatic carbocycles. The third kappa shape index (κ3) is 6.41. The Morgan fingerprint density at radius 3 is 2.42 bits per heavy atom. The summed E-state index contributed by atoms with van der Waals surface area (Å²) in [7, 11) is -2.55. The summed E-state index contributed by atoms with van der Waals surface area (Å²) < 4.78 is 45.3. The molecule has 0 bridgehead atoms. The van der Waals surface area contributed by atoms with Crippen LogP contribution in [0.5, 0.6) is 17.2 Å². The molecule has 1 fully saturated rings. The average Bonchev–Trinajstić information content (AvgIpc) is 3.44. The second-order valence-corrected chi connectivity index (χ2v) is 12.0. The van der Waals surface area contributed by atoms with Gasteiger partial charge in [-0.1, -0.05) is 42.5 Å². The zero-order valence-electron chi connectivity index (χ0n) is 22.9. The summed E-state index contributed by atoms with van der Waals surface area (Å²) in [5, 5.41) is 0. The van der Waals surface area contributed by atoms with Crippen LogP contribution >= 0.6 is 0 Å². The predicted octanol–water partition coefficient (Wildman–Crippen LogP) is 3.31. The monoisotopic (exact) mass is 565 g/mol. The van der Waals surface area contributed by atoms with E-state index in [0.717, 1.165) is 34.7 Å².